The van der Waals surface area contributed by atoms with Gasteiger partial charge in [0.2, 0.25) is 5.91 Å². The molecular weight excluding hydrogens is 260 g/mol. The predicted octanol–water partition coefficient (Wildman–Crippen LogP) is 3.92. The summed E-state index contributed by atoms with van der Waals surface area (Å²) in [6.45, 7) is 0. The maximum Gasteiger partial charge on any atom is 0.235 e. The summed E-state index contributed by atoms with van der Waals surface area (Å²) in [6.07, 6.45) is 8.69. The molecule has 0 saturated heterocycles. The number of aromatic nitrogens is 1. The van der Waals surface area contributed by atoms with E-state index in [2.05, 4.69) is 22.4 Å². The molecule has 0 radical (unpaired) electrons. The molecule has 108 valence electrons. The molecule has 0 spiro atoms. The number of nitrogens with zero attached hydrogens (tertiary/aromatic N) is 1. The molecule has 1 fully saturated rings. The van der Waals surface area contributed by atoms with Crippen molar-refractivity contribution in [3.63, 3.8) is 0 Å². The second-order valence-corrected chi connectivity index (χ2v) is 5.70. The van der Waals surface area contributed by atoms with Gasteiger partial charge in [-0.3, -0.25) is 9.78 Å². The molecule has 1 aromatic heterocycles. The first kappa shape index (κ1) is 13.8. The van der Waals surface area contributed by atoms with Gasteiger partial charge in [0.1, 0.15) is 0 Å². The van der Waals surface area contributed by atoms with Crippen molar-refractivity contribution in [3.05, 3.63) is 60.4 Å². The van der Waals surface area contributed by atoms with Crippen LogP contribution in [0.25, 0.3) is 0 Å². The van der Waals surface area contributed by atoms with Gasteiger partial charge in [0.05, 0.1) is 5.41 Å². The second-order valence-electron chi connectivity index (χ2n) is 5.70. The van der Waals surface area contributed by atoms with Crippen molar-refractivity contribution in [2.75, 3.05) is 5.32 Å². The number of anilines is 1. The Kier molecular flexibility index (Phi) is 4.00. The van der Waals surface area contributed by atoms with Crippen molar-refractivity contribution in [2.24, 2.45) is 0 Å². The van der Waals surface area contributed by atoms with Crippen molar-refractivity contribution in [2.45, 2.75) is 37.5 Å². The van der Waals surface area contributed by atoms with E-state index >= 15 is 0 Å². The average Bonchev–Trinajstić information content (AvgIpc) is 2.57. The summed E-state index contributed by atoms with van der Waals surface area (Å²) in [7, 11) is 0. The number of nitrogens with one attached hydrogen (secondary N) is 1. The van der Waals surface area contributed by atoms with E-state index in [1.807, 2.05) is 30.3 Å². The summed E-state index contributed by atoms with van der Waals surface area (Å²) in [5.41, 5.74) is 1.56. The highest BCUT2D eigenvalue weighted by molar-refractivity contribution is 5.99. The predicted molar refractivity (Wildman–Crippen MR) is 84.1 cm³/mol. The summed E-state index contributed by atoms with van der Waals surface area (Å²) in [5, 5.41) is 3.07. The highest BCUT2D eigenvalue weighted by atomic mass is 16.2. The Bertz CT molecular complexity index is 589. The molecule has 1 amide bonds. The lowest BCUT2D eigenvalue weighted by Crippen LogP contribution is -2.42. The molecule has 21 heavy (non-hydrogen) atoms. The maximum atomic E-state index is 13.0. The Hall–Kier alpha value is -2.16. The van der Waals surface area contributed by atoms with Crippen LogP contribution in [0.2, 0.25) is 0 Å². The first-order valence-electron chi connectivity index (χ1n) is 7.58. The van der Waals surface area contributed by atoms with Gasteiger partial charge in [-0.1, -0.05) is 49.6 Å². The van der Waals surface area contributed by atoms with E-state index in [1.165, 1.54) is 6.42 Å². The minimum atomic E-state index is -0.386. The minimum Gasteiger partial charge on any atom is -0.325 e. The molecule has 0 aliphatic heterocycles. The van der Waals surface area contributed by atoms with Crippen molar-refractivity contribution < 1.29 is 4.79 Å². The van der Waals surface area contributed by atoms with Gasteiger partial charge in [0.15, 0.2) is 0 Å². The van der Waals surface area contributed by atoms with Crippen LogP contribution in [0.5, 0.6) is 0 Å². The van der Waals surface area contributed by atoms with Crippen LogP contribution in [-0.2, 0) is 10.2 Å². The van der Waals surface area contributed by atoms with Gasteiger partial charge >= 0.3 is 0 Å². The third kappa shape index (κ3) is 2.82. The number of carbonyl (C=O) groups excluding carboxylic acids is 1. The largest absolute Gasteiger partial charge is 0.325 e. The van der Waals surface area contributed by atoms with Crippen molar-refractivity contribution in [1.82, 2.24) is 4.98 Å². The van der Waals surface area contributed by atoms with E-state index in [9.17, 15) is 4.79 Å². The van der Waals surface area contributed by atoms with Crippen LogP contribution < -0.4 is 5.32 Å². The van der Waals surface area contributed by atoms with Crippen LogP contribution in [-0.4, -0.2) is 10.9 Å². The minimum absolute atomic E-state index is 0.111. The highest BCUT2D eigenvalue weighted by Crippen LogP contribution is 2.40. The number of benzene rings is 1. The Labute approximate surface area is 125 Å². The van der Waals surface area contributed by atoms with Crippen LogP contribution in [0, 0.1) is 0 Å². The molecule has 1 aliphatic carbocycles. The Morgan fingerprint density at radius 3 is 2.29 bits per heavy atom. The fraction of sp³-hybridized carbons (Fsp3) is 0.333. The maximum absolute atomic E-state index is 13.0. The van der Waals surface area contributed by atoms with Crippen molar-refractivity contribution in [3.8, 4) is 0 Å². The third-order valence-corrected chi connectivity index (χ3v) is 4.41. The molecule has 3 nitrogen and oxygen atoms in total. The highest BCUT2D eigenvalue weighted by Gasteiger charge is 2.40. The van der Waals surface area contributed by atoms with Gasteiger partial charge in [-0.25, -0.2) is 0 Å². The number of amides is 1. The summed E-state index contributed by atoms with van der Waals surface area (Å²) in [6, 6.07) is 13.9. The van der Waals surface area contributed by atoms with Crippen LogP contribution >= 0.6 is 0 Å². The van der Waals surface area contributed by atoms with E-state index in [-0.39, 0.29) is 11.3 Å². The van der Waals surface area contributed by atoms with Crippen molar-refractivity contribution in [1.29, 1.82) is 0 Å². The van der Waals surface area contributed by atoms with E-state index in [1.54, 1.807) is 12.4 Å². The summed E-state index contributed by atoms with van der Waals surface area (Å²) >= 11 is 0. The number of rotatable bonds is 3. The first-order chi connectivity index (χ1) is 10.3. The number of hydrogen-bond donors (Lipinski definition) is 1. The fourth-order valence-corrected chi connectivity index (χ4v) is 3.25. The lowest BCUT2D eigenvalue weighted by atomic mass is 9.68. The molecule has 0 unspecified atom stereocenters. The van der Waals surface area contributed by atoms with Gasteiger partial charge in [-0.15, -0.1) is 0 Å². The van der Waals surface area contributed by atoms with Crippen LogP contribution in [0.3, 0.4) is 0 Å². The topological polar surface area (TPSA) is 42.0 Å². The van der Waals surface area contributed by atoms with Gasteiger partial charge in [0.25, 0.3) is 0 Å². The van der Waals surface area contributed by atoms with Crippen LogP contribution in [0.4, 0.5) is 5.69 Å². The normalized spacial score (nSPS) is 17.1. The molecule has 1 N–H and O–H groups in total. The Morgan fingerprint density at radius 1 is 0.952 bits per heavy atom. The smallest absolute Gasteiger partial charge is 0.235 e. The first-order valence-corrected chi connectivity index (χ1v) is 7.58. The summed E-state index contributed by atoms with van der Waals surface area (Å²) < 4.78 is 0. The number of pyridine rings is 1. The molecule has 3 heteroatoms. The molecule has 2 aromatic rings. The zero-order chi connectivity index (χ0) is 14.5. The number of carbonyl (C=O) groups is 1. The van der Waals surface area contributed by atoms with E-state index in [0.717, 1.165) is 36.9 Å². The van der Waals surface area contributed by atoms with Gasteiger partial charge < -0.3 is 5.32 Å². The van der Waals surface area contributed by atoms with Crippen molar-refractivity contribution >= 4 is 11.6 Å². The molecule has 0 atom stereocenters. The quantitative estimate of drug-likeness (QED) is 0.925. The zero-order valence-electron chi connectivity index (χ0n) is 12.1. The molecule has 1 aromatic carbocycles. The third-order valence-electron chi connectivity index (χ3n) is 4.41. The molecule has 1 aliphatic rings. The zero-order valence-corrected chi connectivity index (χ0v) is 12.1. The molecule has 1 heterocycles. The molecular formula is C18H20N2O. The SMILES string of the molecule is O=C(Nc1ccncc1)C1(c2ccccc2)CCCCC1. The summed E-state index contributed by atoms with van der Waals surface area (Å²) in [5.74, 6) is 0.111. The lowest BCUT2D eigenvalue weighted by molar-refractivity contribution is -0.122. The van der Waals surface area contributed by atoms with E-state index in [0.29, 0.717) is 0 Å². The standard InChI is InChI=1S/C18H20N2O/c21-17(20-16-9-13-19-14-10-16)18(11-5-2-6-12-18)15-7-3-1-4-8-15/h1,3-4,7-10,13-14H,2,5-6,11-12H2,(H,19,20,21). The molecule has 3 rings (SSSR count). The van der Waals surface area contributed by atoms with Gasteiger partial charge in [-0.2, -0.15) is 0 Å². The summed E-state index contributed by atoms with van der Waals surface area (Å²) in [4.78, 5) is 16.9. The average molecular weight is 280 g/mol. The number of hydrogen-bond acceptors (Lipinski definition) is 2. The van der Waals surface area contributed by atoms with Crippen LogP contribution in [0.1, 0.15) is 37.7 Å². The van der Waals surface area contributed by atoms with Gasteiger partial charge in [-0.05, 0) is 30.5 Å². The van der Waals surface area contributed by atoms with E-state index < -0.39 is 0 Å². The Balaban J connectivity index is 1.90. The lowest BCUT2D eigenvalue weighted by Gasteiger charge is -2.36. The van der Waals surface area contributed by atoms with Gasteiger partial charge in [0, 0.05) is 18.1 Å². The molecule has 1 saturated carbocycles. The molecule has 0 bridgehead atoms. The Morgan fingerprint density at radius 2 is 1.62 bits per heavy atom. The second kappa shape index (κ2) is 6.08. The monoisotopic (exact) mass is 280 g/mol. The fourth-order valence-electron chi connectivity index (χ4n) is 3.25. The van der Waals surface area contributed by atoms with Crippen LogP contribution in [0.15, 0.2) is 54.9 Å². The van der Waals surface area contributed by atoms with E-state index in [4.69, 9.17) is 0 Å².